The molecule has 34 heavy (non-hydrogen) atoms. The van der Waals surface area contributed by atoms with Gasteiger partial charge in [0.2, 0.25) is 0 Å². The molecule has 0 rings (SSSR count). The summed E-state index contributed by atoms with van der Waals surface area (Å²) >= 11 is 0. The second kappa shape index (κ2) is 24.1. The van der Waals surface area contributed by atoms with Crippen molar-refractivity contribution in [3.8, 4) is 0 Å². The molecule has 0 saturated carbocycles. The fourth-order valence-corrected chi connectivity index (χ4v) is 13.3. The molecule has 0 heterocycles. The van der Waals surface area contributed by atoms with Crippen LogP contribution in [0.25, 0.3) is 0 Å². The molecule has 0 spiro atoms. The van der Waals surface area contributed by atoms with Gasteiger partial charge in [0.1, 0.15) is 0 Å². The summed E-state index contributed by atoms with van der Waals surface area (Å²) in [6.07, 6.45) is 29.5. The van der Waals surface area contributed by atoms with Crippen LogP contribution in [0.2, 0.25) is 0 Å². The molecule has 208 valence electrons. The summed E-state index contributed by atoms with van der Waals surface area (Å²) in [7, 11) is -0.948. The predicted octanol–water partition coefficient (Wildman–Crippen LogP) is 8.87. The minimum Gasteiger partial charge on any atom is -1.00 e. The first-order valence-electron chi connectivity index (χ1n) is 15.8. The first kappa shape index (κ1) is 36.9. The topological polar surface area (TPSA) is 0 Å². The van der Waals surface area contributed by atoms with Crippen molar-refractivity contribution in [3.05, 3.63) is 0 Å². The van der Waals surface area contributed by atoms with Crippen LogP contribution in [0.5, 0.6) is 0 Å². The molecule has 0 nitrogen and oxygen atoms in total. The monoisotopic (exact) mass is 518 g/mol. The maximum atomic E-state index is 2.51. The molecule has 0 fully saturated rings. The summed E-state index contributed by atoms with van der Waals surface area (Å²) in [6, 6.07) is 0. The normalized spacial score (nSPS) is 16.9. The van der Waals surface area contributed by atoms with E-state index in [4.69, 9.17) is 0 Å². The highest BCUT2D eigenvalue weighted by molar-refractivity contribution is 7.75. The van der Waals surface area contributed by atoms with Crippen molar-refractivity contribution in [2.24, 2.45) is 23.7 Å². The second-order valence-corrected chi connectivity index (χ2v) is 15.9. The van der Waals surface area contributed by atoms with Crippen molar-refractivity contribution >= 4 is 7.26 Å². The minimum atomic E-state index is -0.948. The quantitative estimate of drug-likeness (QED) is 0.112. The average Bonchev–Trinajstić information content (AvgIpc) is 2.84. The Balaban J connectivity index is 0. The molecule has 4 atom stereocenters. The number of rotatable bonds is 24. The van der Waals surface area contributed by atoms with E-state index in [0.717, 1.165) is 23.7 Å². The van der Waals surface area contributed by atoms with E-state index < -0.39 is 7.26 Å². The van der Waals surface area contributed by atoms with E-state index in [2.05, 4.69) is 55.4 Å². The first-order valence-corrected chi connectivity index (χ1v) is 18.4. The predicted molar refractivity (Wildman–Crippen MR) is 160 cm³/mol. The van der Waals surface area contributed by atoms with Crippen molar-refractivity contribution in [1.29, 1.82) is 0 Å². The van der Waals surface area contributed by atoms with Crippen LogP contribution < -0.4 is 12.4 Å². The summed E-state index contributed by atoms with van der Waals surface area (Å²) in [4.78, 5) is 0. The molecule has 0 aliphatic carbocycles. The highest BCUT2D eigenvalue weighted by atomic mass is 35.5. The van der Waals surface area contributed by atoms with Crippen LogP contribution in [0.15, 0.2) is 0 Å². The molecule has 0 aliphatic heterocycles. The van der Waals surface area contributed by atoms with Crippen LogP contribution in [-0.4, -0.2) is 24.6 Å². The number of halogens is 1. The molecule has 2 heteroatoms. The third-order valence-electron chi connectivity index (χ3n) is 8.76. The van der Waals surface area contributed by atoms with Gasteiger partial charge < -0.3 is 12.4 Å². The Morgan fingerprint density at radius 2 is 0.588 bits per heavy atom. The van der Waals surface area contributed by atoms with E-state index in [0.29, 0.717) is 0 Å². The molecular weight excluding hydrogens is 451 g/mol. The molecule has 0 radical (unpaired) electrons. The van der Waals surface area contributed by atoms with Gasteiger partial charge in [-0.05, 0) is 75.0 Å². The van der Waals surface area contributed by atoms with Crippen LogP contribution in [0, 0.1) is 23.7 Å². The zero-order chi connectivity index (χ0) is 25.0. The zero-order valence-electron chi connectivity index (χ0n) is 25.3. The Hall–Kier alpha value is 0.720. The summed E-state index contributed by atoms with van der Waals surface area (Å²) in [5.74, 6) is 3.98. The molecular formula is C32H68ClP. The van der Waals surface area contributed by atoms with Gasteiger partial charge in [0.25, 0.3) is 0 Å². The Labute approximate surface area is 225 Å². The van der Waals surface area contributed by atoms with E-state index in [1.165, 1.54) is 103 Å². The van der Waals surface area contributed by atoms with Gasteiger partial charge in [-0.25, -0.2) is 0 Å². The van der Waals surface area contributed by atoms with Gasteiger partial charge in [-0.3, -0.25) is 0 Å². The van der Waals surface area contributed by atoms with Crippen molar-refractivity contribution in [2.45, 2.75) is 158 Å². The molecule has 0 aromatic rings. The lowest BCUT2D eigenvalue weighted by molar-refractivity contribution is -0.00000784. The van der Waals surface area contributed by atoms with E-state index in [-0.39, 0.29) is 12.4 Å². The standard InChI is InChI=1S/C32H68P.ClH/c1-9-17-21-29(13-5)25-33(26-30(14-6)22-18-10-2,27-31(15-7)23-19-11-3)28-32(16-8)24-20-12-4;/h29-32H,9-28H2,1-8H3;1H/q+1;/p-1. The summed E-state index contributed by atoms with van der Waals surface area (Å²) in [5, 5.41) is 0. The lowest BCUT2D eigenvalue weighted by Gasteiger charge is -2.38. The van der Waals surface area contributed by atoms with E-state index in [1.807, 2.05) is 0 Å². The van der Waals surface area contributed by atoms with E-state index >= 15 is 0 Å². The molecule has 0 aromatic carbocycles. The maximum absolute atomic E-state index is 2.51. The summed E-state index contributed by atoms with van der Waals surface area (Å²) in [5.41, 5.74) is 0. The zero-order valence-corrected chi connectivity index (χ0v) is 26.9. The Morgan fingerprint density at radius 3 is 0.735 bits per heavy atom. The van der Waals surface area contributed by atoms with Crippen LogP contribution in [-0.2, 0) is 0 Å². The van der Waals surface area contributed by atoms with Crippen molar-refractivity contribution in [2.75, 3.05) is 24.6 Å². The highest BCUT2D eigenvalue weighted by Crippen LogP contribution is 2.65. The van der Waals surface area contributed by atoms with Crippen molar-refractivity contribution in [3.63, 3.8) is 0 Å². The van der Waals surface area contributed by atoms with Gasteiger partial charge in [-0.15, -0.1) is 0 Å². The highest BCUT2D eigenvalue weighted by Gasteiger charge is 2.43. The Bertz CT molecular complexity index is 332. The molecule has 0 aliphatic rings. The third-order valence-corrected chi connectivity index (χ3v) is 13.9. The molecule has 4 unspecified atom stereocenters. The maximum Gasteiger partial charge on any atom is 0.0622 e. The summed E-state index contributed by atoms with van der Waals surface area (Å²) < 4.78 is 0. The molecule has 0 amide bonds. The fourth-order valence-electron chi connectivity index (χ4n) is 6.31. The lowest BCUT2D eigenvalue weighted by Crippen LogP contribution is -3.00. The van der Waals surface area contributed by atoms with Crippen molar-refractivity contribution in [1.82, 2.24) is 0 Å². The van der Waals surface area contributed by atoms with Crippen LogP contribution >= 0.6 is 7.26 Å². The average molecular weight is 519 g/mol. The van der Waals surface area contributed by atoms with Gasteiger partial charge in [0.15, 0.2) is 0 Å². The molecule has 0 bridgehead atoms. The Kier molecular flexibility index (Phi) is 26.1. The van der Waals surface area contributed by atoms with E-state index in [1.54, 1.807) is 24.6 Å². The lowest BCUT2D eigenvalue weighted by atomic mass is 10.0. The van der Waals surface area contributed by atoms with Gasteiger partial charge in [0.05, 0.1) is 24.6 Å². The van der Waals surface area contributed by atoms with E-state index in [9.17, 15) is 0 Å². The number of hydrogen-bond donors (Lipinski definition) is 0. The Morgan fingerprint density at radius 1 is 0.382 bits per heavy atom. The SMILES string of the molecule is CCCCC(CC)C[P+](CC(CC)CCCC)(CC(CC)CCCC)CC(CC)CCCC.[Cl-]. The second-order valence-electron chi connectivity index (χ2n) is 11.7. The number of hydrogen-bond acceptors (Lipinski definition) is 0. The van der Waals surface area contributed by atoms with Gasteiger partial charge in [-0.2, -0.15) is 0 Å². The van der Waals surface area contributed by atoms with Crippen LogP contribution in [0.4, 0.5) is 0 Å². The van der Waals surface area contributed by atoms with Gasteiger partial charge >= 0.3 is 0 Å². The molecule has 0 N–H and O–H groups in total. The minimum absolute atomic E-state index is 0. The molecule has 0 aromatic heterocycles. The van der Waals surface area contributed by atoms with Crippen molar-refractivity contribution < 1.29 is 12.4 Å². The van der Waals surface area contributed by atoms with Crippen LogP contribution in [0.1, 0.15) is 158 Å². The number of unbranched alkanes of at least 4 members (excludes halogenated alkanes) is 4. The third kappa shape index (κ3) is 16.5. The van der Waals surface area contributed by atoms with Gasteiger partial charge in [0, 0.05) is 7.26 Å². The molecule has 0 saturated heterocycles. The fraction of sp³-hybridized carbons (Fsp3) is 1.00. The largest absolute Gasteiger partial charge is 1.00 e. The summed E-state index contributed by atoms with van der Waals surface area (Å²) in [6.45, 7) is 19.6. The van der Waals surface area contributed by atoms with Gasteiger partial charge in [-0.1, -0.05) is 107 Å². The smallest absolute Gasteiger partial charge is 0.0622 e. The first-order chi connectivity index (χ1) is 16.0. The van der Waals surface area contributed by atoms with Crippen LogP contribution in [0.3, 0.4) is 0 Å².